The Morgan fingerprint density at radius 3 is 2.47 bits per heavy atom. The molecule has 176 valence electrons. The maximum atomic E-state index is 13.3. The molecule has 0 amide bonds. The lowest BCUT2D eigenvalue weighted by molar-refractivity contribution is 0.559. The van der Waals surface area contributed by atoms with Crippen LogP contribution in [-0.4, -0.2) is 44.0 Å². The fraction of sp³-hybridized carbons (Fsp3) is 0.182. The van der Waals surface area contributed by atoms with Crippen LogP contribution in [0, 0.1) is 11.6 Å². The summed E-state index contributed by atoms with van der Waals surface area (Å²) >= 11 is 6.36. The summed E-state index contributed by atoms with van der Waals surface area (Å²) in [5.74, 6) is -1.17. The Hall–Kier alpha value is -3.02. The Balaban J connectivity index is 1.39. The highest BCUT2D eigenvalue weighted by atomic mass is 35.5. The minimum absolute atomic E-state index is 0.125. The summed E-state index contributed by atoms with van der Waals surface area (Å²) < 4.78 is 55.2. The van der Waals surface area contributed by atoms with Gasteiger partial charge in [-0.25, -0.2) is 26.9 Å². The highest BCUT2D eigenvalue weighted by molar-refractivity contribution is 7.89. The van der Waals surface area contributed by atoms with E-state index in [1.54, 1.807) is 16.8 Å². The van der Waals surface area contributed by atoms with E-state index in [0.717, 1.165) is 29.0 Å². The van der Waals surface area contributed by atoms with Gasteiger partial charge >= 0.3 is 0 Å². The fourth-order valence-electron chi connectivity index (χ4n) is 3.45. The lowest BCUT2D eigenvalue weighted by atomic mass is 10.0. The average molecular weight is 504 g/mol. The van der Waals surface area contributed by atoms with E-state index in [-0.39, 0.29) is 6.54 Å². The first-order valence-corrected chi connectivity index (χ1v) is 12.4. The molecule has 12 heteroatoms. The first kappa shape index (κ1) is 24.1. The standard InChI is InChI=1S/C22H21BClF2N5O2S/c23-18-13-28-31-21(12-20(30-22(18)31)17-5-1-2-6-19(17)24)27-7-3-4-8-29-34(32,33)16-10-14(25)9-15(26)11-16/h1-2,5-6,9-13,27,29H,3-4,7-8,23H2. The van der Waals surface area contributed by atoms with Crippen LogP contribution in [0.5, 0.6) is 0 Å². The van der Waals surface area contributed by atoms with Crippen molar-refractivity contribution in [1.29, 1.82) is 0 Å². The largest absolute Gasteiger partial charge is 0.370 e. The van der Waals surface area contributed by atoms with Crippen LogP contribution < -0.4 is 15.5 Å². The van der Waals surface area contributed by atoms with Crippen molar-refractivity contribution in [2.45, 2.75) is 17.7 Å². The number of rotatable bonds is 9. The molecule has 0 saturated heterocycles. The van der Waals surface area contributed by atoms with Gasteiger partial charge in [0.1, 0.15) is 25.3 Å². The highest BCUT2D eigenvalue weighted by Crippen LogP contribution is 2.28. The van der Waals surface area contributed by atoms with Gasteiger partial charge in [0.25, 0.3) is 0 Å². The molecule has 0 spiro atoms. The molecule has 4 rings (SSSR count). The molecule has 0 radical (unpaired) electrons. The van der Waals surface area contributed by atoms with Crippen molar-refractivity contribution in [3.05, 3.63) is 71.4 Å². The average Bonchev–Trinajstić information content (AvgIpc) is 3.16. The van der Waals surface area contributed by atoms with Crippen molar-refractivity contribution >= 4 is 46.4 Å². The molecule has 0 atom stereocenters. The van der Waals surface area contributed by atoms with E-state index in [1.807, 2.05) is 32.1 Å². The van der Waals surface area contributed by atoms with Gasteiger partial charge in [-0.15, -0.1) is 0 Å². The Morgan fingerprint density at radius 2 is 1.74 bits per heavy atom. The topological polar surface area (TPSA) is 88.4 Å². The Labute approximate surface area is 201 Å². The molecule has 0 saturated carbocycles. The first-order valence-electron chi connectivity index (χ1n) is 10.5. The van der Waals surface area contributed by atoms with E-state index in [9.17, 15) is 17.2 Å². The Kier molecular flexibility index (Phi) is 7.15. The number of hydrogen-bond donors (Lipinski definition) is 2. The maximum Gasteiger partial charge on any atom is 0.240 e. The van der Waals surface area contributed by atoms with Crippen molar-refractivity contribution in [3.63, 3.8) is 0 Å². The third kappa shape index (κ3) is 5.38. The number of sulfonamides is 1. The molecule has 34 heavy (non-hydrogen) atoms. The lowest BCUT2D eigenvalue weighted by Crippen LogP contribution is -2.25. The zero-order chi connectivity index (χ0) is 24.3. The van der Waals surface area contributed by atoms with E-state index >= 15 is 0 Å². The van der Waals surface area contributed by atoms with Crippen LogP contribution in [0.2, 0.25) is 5.02 Å². The van der Waals surface area contributed by atoms with E-state index < -0.39 is 26.6 Å². The molecular weight excluding hydrogens is 483 g/mol. The molecule has 7 nitrogen and oxygen atoms in total. The third-order valence-corrected chi connectivity index (χ3v) is 6.92. The number of anilines is 1. The minimum atomic E-state index is -4.00. The van der Waals surface area contributed by atoms with Crippen LogP contribution in [0.3, 0.4) is 0 Å². The molecule has 2 aromatic heterocycles. The molecule has 0 unspecified atom stereocenters. The first-order chi connectivity index (χ1) is 16.2. The predicted octanol–water partition coefficient (Wildman–Crippen LogP) is 2.76. The number of halogens is 3. The molecular formula is C22H21BClF2N5O2S. The number of unbranched alkanes of at least 4 members (excludes halogenated alkanes) is 1. The van der Waals surface area contributed by atoms with Crippen molar-refractivity contribution in [2.75, 3.05) is 18.4 Å². The van der Waals surface area contributed by atoms with Crippen LogP contribution in [0.1, 0.15) is 12.8 Å². The molecule has 0 fully saturated rings. The normalized spacial score (nSPS) is 11.7. The van der Waals surface area contributed by atoms with Gasteiger partial charge in [-0.2, -0.15) is 9.61 Å². The van der Waals surface area contributed by atoms with Gasteiger partial charge in [0, 0.05) is 42.0 Å². The van der Waals surface area contributed by atoms with Crippen molar-refractivity contribution < 1.29 is 17.2 Å². The van der Waals surface area contributed by atoms with E-state index in [2.05, 4.69) is 15.1 Å². The number of nitrogens with one attached hydrogen (secondary N) is 2. The Morgan fingerprint density at radius 1 is 1.03 bits per heavy atom. The predicted molar refractivity (Wildman–Crippen MR) is 131 cm³/mol. The molecule has 0 aliphatic rings. The van der Waals surface area contributed by atoms with Gasteiger partial charge in [0.05, 0.1) is 10.6 Å². The summed E-state index contributed by atoms with van der Waals surface area (Å²) in [5, 5.41) is 8.28. The van der Waals surface area contributed by atoms with Gasteiger partial charge < -0.3 is 5.32 Å². The second-order valence-electron chi connectivity index (χ2n) is 7.71. The van der Waals surface area contributed by atoms with Gasteiger partial charge in [-0.3, -0.25) is 0 Å². The molecule has 4 aromatic rings. The van der Waals surface area contributed by atoms with Gasteiger partial charge in [-0.05, 0) is 36.5 Å². The summed E-state index contributed by atoms with van der Waals surface area (Å²) in [4.78, 5) is 4.26. The fourth-order valence-corrected chi connectivity index (χ4v) is 4.79. The quantitative estimate of drug-likeness (QED) is 0.271. The SMILES string of the molecule is Bc1cnn2c(NCCCCNS(=O)(=O)c3cc(F)cc(F)c3)cc(-c3ccccc3Cl)nc12. The second kappa shape index (κ2) is 10.1. The zero-order valence-corrected chi connectivity index (χ0v) is 19.8. The van der Waals surface area contributed by atoms with Crippen molar-refractivity contribution in [3.8, 4) is 11.3 Å². The van der Waals surface area contributed by atoms with Gasteiger partial charge in [0.2, 0.25) is 10.0 Å². The number of nitrogens with zero attached hydrogens (tertiary/aromatic N) is 3. The summed E-state index contributed by atoms with van der Waals surface area (Å²) in [6.45, 7) is 0.663. The van der Waals surface area contributed by atoms with Crippen molar-refractivity contribution in [1.82, 2.24) is 19.3 Å². The van der Waals surface area contributed by atoms with Crippen molar-refractivity contribution in [2.24, 2.45) is 0 Å². The zero-order valence-electron chi connectivity index (χ0n) is 18.2. The smallest absolute Gasteiger partial charge is 0.240 e. The maximum absolute atomic E-state index is 13.3. The molecule has 0 aliphatic carbocycles. The second-order valence-corrected chi connectivity index (χ2v) is 9.88. The number of fused-ring (bicyclic) bond motifs is 1. The van der Waals surface area contributed by atoms with Gasteiger partial charge in [0.15, 0.2) is 5.65 Å². The third-order valence-electron chi connectivity index (χ3n) is 5.15. The number of benzene rings is 2. The molecule has 2 aromatic carbocycles. The molecule has 2 heterocycles. The lowest BCUT2D eigenvalue weighted by Gasteiger charge is -2.12. The highest BCUT2D eigenvalue weighted by Gasteiger charge is 2.16. The molecule has 2 N–H and O–H groups in total. The summed E-state index contributed by atoms with van der Waals surface area (Å²) in [6, 6.07) is 11.5. The summed E-state index contributed by atoms with van der Waals surface area (Å²) in [5.41, 5.74) is 3.13. The molecule has 0 bridgehead atoms. The van der Waals surface area contributed by atoms with E-state index in [0.29, 0.717) is 41.8 Å². The van der Waals surface area contributed by atoms with Gasteiger partial charge in [-0.1, -0.05) is 29.8 Å². The number of hydrogen-bond acceptors (Lipinski definition) is 5. The summed E-state index contributed by atoms with van der Waals surface area (Å²) in [6.07, 6.45) is 2.87. The molecule has 0 aliphatic heterocycles. The Bertz CT molecular complexity index is 1430. The van der Waals surface area contributed by atoms with Crippen LogP contribution in [0.4, 0.5) is 14.6 Å². The summed E-state index contributed by atoms with van der Waals surface area (Å²) in [7, 11) is -2.07. The monoisotopic (exact) mass is 503 g/mol. The minimum Gasteiger partial charge on any atom is -0.370 e. The van der Waals surface area contributed by atoms with Crippen LogP contribution in [-0.2, 0) is 10.0 Å². The number of aromatic nitrogens is 3. The van der Waals surface area contributed by atoms with Crippen LogP contribution in [0.15, 0.2) is 59.6 Å². The van der Waals surface area contributed by atoms with Crippen LogP contribution in [0.25, 0.3) is 16.9 Å². The van der Waals surface area contributed by atoms with E-state index in [1.165, 1.54) is 0 Å². The van der Waals surface area contributed by atoms with E-state index in [4.69, 9.17) is 16.6 Å². The van der Waals surface area contributed by atoms with Crippen LogP contribution >= 0.6 is 11.6 Å².